The maximum absolute atomic E-state index is 5.88. The molecule has 0 aliphatic heterocycles. The Hall–Kier alpha value is 0.137. The van der Waals surface area contributed by atoms with Crippen molar-refractivity contribution in [1.29, 1.82) is 0 Å². The highest BCUT2D eigenvalue weighted by Gasteiger charge is 2.20. The first-order chi connectivity index (χ1) is 5.43. The Morgan fingerprint density at radius 3 is 2.42 bits per heavy atom. The molecule has 0 fully saturated rings. The normalized spacial score (nSPS) is 11.8. The molecule has 0 bridgehead atoms. The van der Waals surface area contributed by atoms with Crippen LogP contribution in [0.5, 0.6) is 0 Å². The van der Waals surface area contributed by atoms with Crippen molar-refractivity contribution in [2.75, 3.05) is 0 Å². The van der Waals surface area contributed by atoms with Crippen molar-refractivity contribution in [1.82, 2.24) is 4.98 Å². The van der Waals surface area contributed by atoms with Crippen LogP contribution >= 0.6 is 27.5 Å². The monoisotopic (exact) mass is 263 g/mol. The summed E-state index contributed by atoms with van der Waals surface area (Å²) in [7, 11) is -1.28. The van der Waals surface area contributed by atoms with Crippen molar-refractivity contribution in [3.63, 3.8) is 0 Å². The first-order valence-electron chi connectivity index (χ1n) is 3.73. The van der Waals surface area contributed by atoms with Crippen LogP contribution in [0.4, 0.5) is 0 Å². The van der Waals surface area contributed by atoms with E-state index in [9.17, 15) is 0 Å². The smallest absolute Gasteiger partial charge is 0.143 e. The highest BCUT2D eigenvalue weighted by molar-refractivity contribution is 9.10. The van der Waals surface area contributed by atoms with Crippen LogP contribution in [0, 0.1) is 0 Å². The SMILES string of the molecule is C[Si](C)(C)c1ccnc(Cl)c1Br. The van der Waals surface area contributed by atoms with Gasteiger partial charge in [-0.3, -0.25) is 0 Å². The Labute approximate surface area is 87.3 Å². The third kappa shape index (κ3) is 2.09. The second kappa shape index (κ2) is 3.48. The van der Waals surface area contributed by atoms with E-state index in [2.05, 4.69) is 40.6 Å². The minimum absolute atomic E-state index is 0.565. The lowest BCUT2D eigenvalue weighted by Crippen LogP contribution is -2.38. The molecular formula is C8H11BrClNSi. The molecule has 0 N–H and O–H groups in total. The molecule has 12 heavy (non-hydrogen) atoms. The van der Waals surface area contributed by atoms with Gasteiger partial charge in [-0.1, -0.05) is 31.2 Å². The fraction of sp³-hybridized carbons (Fsp3) is 0.375. The van der Waals surface area contributed by atoms with E-state index in [1.807, 2.05) is 6.07 Å². The second-order valence-corrected chi connectivity index (χ2v) is 9.90. The fourth-order valence-electron chi connectivity index (χ4n) is 0.997. The summed E-state index contributed by atoms with van der Waals surface area (Å²) in [5.74, 6) is 0. The standard InChI is InChI=1S/C8H11BrClNSi/c1-12(2,3)6-4-5-11-8(10)7(6)9/h4-5H,1-3H3. The Kier molecular flexibility index (Phi) is 2.96. The van der Waals surface area contributed by atoms with Crippen LogP contribution in [-0.2, 0) is 0 Å². The molecule has 0 radical (unpaired) electrons. The van der Waals surface area contributed by atoms with Crippen LogP contribution in [0.25, 0.3) is 0 Å². The molecule has 0 spiro atoms. The fourth-order valence-corrected chi connectivity index (χ4v) is 4.61. The summed E-state index contributed by atoms with van der Waals surface area (Å²) in [6, 6.07) is 2.04. The van der Waals surface area contributed by atoms with Gasteiger partial charge >= 0.3 is 0 Å². The number of halogens is 2. The highest BCUT2D eigenvalue weighted by Crippen LogP contribution is 2.19. The van der Waals surface area contributed by atoms with Crippen molar-refractivity contribution in [2.24, 2.45) is 0 Å². The lowest BCUT2D eigenvalue weighted by Gasteiger charge is -2.18. The summed E-state index contributed by atoms with van der Waals surface area (Å²) < 4.78 is 0.964. The minimum Gasteiger partial charge on any atom is -0.243 e. The lowest BCUT2D eigenvalue weighted by atomic mass is 10.5. The van der Waals surface area contributed by atoms with E-state index in [4.69, 9.17) is 11.6 Å². The van der Waals surface area contributed by atoms with Crippen LogP contribution in [0.15, 0.2) is 16.7 Å². The van der Waals surface area contributed by atoms with E-state index in [1.165, 1.54) is 5.19 Å². The van der Waals surface area contributed by atoms with Gasteiger partial charge in [-0.2, -0.15) is 0 Å². The first-order valence-corrected chi connectivity index (χ1v) is 8.40. The predicted molar refractivity (Wildman–Crippen MR) is 59.9 cm³/mol. The van der Waals surface area contributed by atoms with Gasteiger partial charge in [0.15, 0.2) is 0 Å². The third-order valence-corrected chi connectivity index (χ3v) is 5.37. The molecule has 0 saturated heterocycles. The highest BCUT2D eigenvalue weighted by atomic mass is 79.9. The number of hydrogen-bond acceptors (Lipinski definition) is 1. The van der Waals surface area contributed by atoms with Crippen LogP contribution in [0.1, 0.15) is 0 Å². The molecule has 0 unspecified atom stereocenters. The summed E-state index contributed by atoms with van der Waals surface area (Å²) in [6.07, 6.45) is 1.76. The van der Waals surface area contributed by atoms with Gasteiger partial charge in [0.2, 0.25) is 0 Å². The third-order valence-electron chi connectivity index (χ3n) is 1.65. The molecule has 66 valence electrons. The summed E-state index contributed by atoms with van der Waals surface area (Å²) in [5.41, 5.74) is 0. The number of hydrogen-bond donors (Lipinski definition) is 0. The maximum atomic E-state index is 5.88. The lowest BCUT2D eigenvalue weighted by molar-refractivity contribution is 1.32. The molecule has 0 amide bonds. The van der Waals surface area contributed by atoms with Gasteiger partial charge in [0.25, 0.3) is 0 Å². The number of aromatic nitrogens is 1. The van der Waals surface area contributed by atoms with Gasteiger partial charge in [-0.15, -0.1) is 0 Å². The zero-order valence-corrected chi connectivity index (χ0v) is 10.7. The van der Waals surface area contributed by atoms with E-state index in [0.717, 1.165) is 4.47 Å². The molecule has 0 saturated carbocycles. The van der Waals surface area contributed by atoms with Crippen LogP contribution in [-0.4, -0.2) is 13.1 Å². The Balaban J connectivity index is 3.26. The minimum atomic E-state index is -1.28. The van der Waals surface area contributed by atoms with Crippen LogP contribution in [0.2, 0.25) is 24.8 Å². The molecule has 1 nitrogen and oxygen atoms in total. The van der Waals surface area contributed by atoms with E-state index in [-0.39, 0.29) is 0 Å². The number of rotatable bonds is 1. The Morgan fingerprint density at radius 1 is 1.42 bits per heavy atom. The molecule has 1 aromatic heterocycles. The molecule has 0 aromatic carbocycles. The topological polar surface area (TPSA) is 12.9 Å². The number of pyridine rings is 1. The van der Waals surface area contributed by atoms with Gasteiger partial charge in [-0.05, 0) is 27.2 Å². The van der Waals surface area contributed by atoms with Crippen molar-refractivity contribution < 1.29 is 0 Å². The van der Waals surface area contributed by atoms with Crippen molar-refractivity contribution in [3.05, 3.63) is 21.9 Å². The molecule has 0 atom stereocenters. The van der Waals surface area contributed by atoms with Crippen molar-refractivity contribution >= 4 is 40.8 Å². The summed E-state index contributed by atoms with van der Waals surface area (Å²) >= 11 is 9.34. The number of nitrogens with zero attached hydrogens (tertiary/aromatic N) is 1. The average molecular weight is 265 g/mol. The maximum Gasteiger partial charge on any atom is 0.143 e. The molecule has 0 aliphatic carbocycles. The van der Waals surface area contributed by atoms with E-state index < -0.39 is 8.07 Å². The van der Waals surface area contributed by atoms with Gasteiger partial charge in [0.1, 0.15) is 5.15 Å². The summed E-state index contributed by atoms with van der Waals surface area (Å²) in [4.78, 5) is 3.99. The molecular weight excluding hydrogens is 254 g/mol. The Bertz CT molecular complexity index is 296. The van der Waals surface area contributed by atoms with Gasteiger partial charge in [0.05, 0.1) is 12.5 Å². The quantitative estimate of drug-likeness (QED) is 0.561. The molecule has 1 rings (SSSR count). The molecule has 0 aliphatic rings. The molecule has 1 aromatic rings. The van der Waals surface area contributed by atoms with Crippen molar-refractivity contribution in [3.8, 4) is 0 Å². The Morgan fingerprint density at radius 2 is 2.00 bits per heavy atom. The summed E-state index contributed by atoms with van der Waals surface area (Å²) in [6.45, 7) is 6.84. The van der Waals surface area contributed by atoms with Crippen LogP contribution in [0.3, 0.4) is 0 Å². The van der Waals surface area contributed by atoms with E-state index in [0.29, 0.717) is 5.15 Å². The molecule has 1 heterocycles. The van der Waals surface area contributed by atoms with E-state index >= 15 is 0 Å². The van der Waals surface area contributed by atoms with Gasteiger partial charge < -0.3 is 0 Å². The van der Waals surface area contributed by atoms with Gasteiger partial charge in [0, 0.05) is 6.20 Å². The molecule has 4 heteroatoms. The zero-order chi connectivity index (χ0) is 9.35. The predicted octanol–water partition coefficient (Wildman–Crippen LogP) is 3.04. The zero-order valence-electron chi connectivity index (χ0n) is 7.36. The largest absolute Gasteiger partial charge is 0.243 e. The average Bonchev–Trinajstić information content (AvgIpc) is 1.92. The van der Waals surface area contributed by atoms with Gasteiger partial charge in [-0.25, -0.2) is 4.98 Å². The second-order valence-electron chi connectivity index (χ2n) is 3.71. The van der Waals surface area contributed by atoms with Crippen LogP contribution < -0.4 is 5.19 Å². The van der Waals surface area contributed by atoms with Crippen molar-refractivity contribution in [2.45, 2.75) is 19.6 Å². The summed E-state index contributed by atoms with van der Waals surface area (Å²) in [5, 5.41) is 1.89. The first kappa shape index (κ1) is 10.2. The van der Waals surface area contributed by atoms with E-state index in [1.54, 1.807) is 6.20 Å².